The molecular formula is C31H35ClN8O5. The summed E-state index contributed by atoms with van der Waals surface area (Å²) in [5, 5.41) is 6.25. The Morgan fingerprint density at radius 1 is 1.00 bits per heavy atom. The molecule has 5 rings (SSSR count). The van der Waals surface area contributed by atoms with Crippen LogP contribution in [0.25, 0.3) is 5.95 Å². The lowest BCUT2D eigenvalue weighted by atomic mass is 10.0. The maximum absolute atomic E-state index is 13.6. The van der Waals surface area contributed by atoms with Crippen LogP contribution in [0, 0.1) is 0 Å². The zero-order valence-electron chi connectivity index (χ0n) is 25.4. The first kappa shape index (κ1) is 31.4. The number of methoxy groups -OCH3 is 3. The van der Waals surface area contributed by atoms with E-state index in [-0.39, 0.29) is 36.1 Å². The van der Waals surface area contributed by atoms with E-state index in [9.17, 15) is 9.59 Å². The van der Waals surface area contributed by atoms with E-state index in [1.165, 1.54) is 0 Å². The maximum atomic E-state index is 13.6. The quantitative estimate of drug-likeness (QED) is 0.244. The lowest BCUT2D eigenvalue weighted by Crippen LogP contribution is -2.57. The maximum Gasteiger partial charge on any atom is 0.321 e. The van der Waals surface area contributed by atoms with Gasteiger partial charge in [-0.05, 0) is 49.4 Å². The first-order valence-electron chi connectivity index (χ1n) is 14.3. The summed E-state index contributed by atoms with van der Waals surface area (Å²) in [5.74, 6) is 2.64. The van der Waals surface area contributed by atoms with Crippen molar-refractivity contribution in [2.24, 2.45) is 0 Å². The Balaban J connectivity index is 1.37. The van der Waals surface area contributed by atoms with Crippen molar-refractivity contribution < 1.29 is 23.8 Å². The Kier molecular flexibility index (Phi) is 9.88. The molecule has 1 saturated heterocycles. The van der Waals surface area contributed by atoms with Gasteiger partial charge in [-0.3, -0.25) is 9.36 Å². The number of imidazole rings is 1. The first-order chi connectivity index (χ1) is 21.8. The molecule has 3 amide bonds. The molecule has 0 radical (unpaired) electrons. The van der Waals surface area contributed by atoms with Crippen LogP contribution in [0.15, 0.2) is 67.3 Å². The Labute approximate surface area is 266 Å². The number of piperazine rings is 1. The van der Waals surface area contributed by atoms with Crippen molar-refractivity contribution in [2.45, 2.75) is 25.4 Å². The molecule has 13 nitrogen and oxygen atoms in total. The highest BCUT2D eigenvalue weighted by atomic mass is 35.5. The predicted molar refractivity (Wildman–Crippen MR) is 170 cm³/mol. The number of nitrogens with zero attached hydrogens (tertiary/aromatic N) is 6. The summed E-state index contributed by atoms with van der Waals surface area (Å²) in [6.45, 7) is 2.93. The van der Waals surface area contributed by atoms with Gasteiger partial charge in [0.15, 0.2) is 0 Å². The van der Waals surface area contributed by atoms with Gasteiger partial charge in [0.25, 0.3) is 0 Å². The molecule has 14 heteroatoms. The zero-order chi connectivity index (χ0) is 31.9. The summed E-state index contributed by atoms with van der Waals surface area (Å²) in [6.07, 6.45) is 4.99. The Morgan fingerprint density at radius 2 is 1.76 bits per heavy atom. The third-order valence-corrected chi connectivity index (χ3v) is 7.71. The number of carbonyl (C=O) groups is 2. The molecule has 2 unspecified atom stereocenters. The second-order valence-electron chi connectivity index (χ2n) is 10.4. The smallest absolute Gasteiger partial charge is 0.321 e. The van der Waals surface area contributed by atoms with Gasteiger partial charge < -0.3 is 34.6 Å². The minimum atomic E-state index is -0.429. The number of hydrogen-bond donors (Lipinski definition) is 2. The van der Waals surface area contributed by atoms with E-state index in [1.54, 1.807) is 92.0 Å². The lowest BCUT2D eigenvalue weighted by Gasteiger charge is -2.42. The monoisotopic (exact) mass is 634 g/mol. The topological polar surface area (TPSA) is 136 Å². The van der Waals surface area contributed by atoms with E-state index in [2.05, 4.69) is 20.6 Å². The number of nitrogens with one attached hydrogen (secondary N) is 2. The fourth-order valence-corrected chi connectivity index (χ4v) is 5.37. The summed E-state index contributed by atoms with van der Waals surface area (Å²) < 4.78 is 17.8. The zero-order valence-corrected chi connectivity index (χ0v) is 26.2. The van der Waals surface area contributed by atoms with Crippen LogP contribution in [0.1, 0.15) is 24.9 Å². The van der Waals surface area contributed by atoms with Gasteiger partial charge in [0.05, 0.1) is 33.4 Å². The number of amides is 3. The van der Waals surface area contributed by atoms with Crippen LogP contribution in [-0.4, -0.2) is 83.4 Å². The van der Waals surface area contributed by atoms with E-state index in [0.29, 0.717) is 47.8 Å². The van der Waals surface area contributed by atoms with Gasteiger partial charge in [-0.2, -0.15) is 4.98 Å². The van der Waals surface area contributed by atoms with Crippen molar-refractivity contribution >= 4 is 35.0 Å². The average molecular weight is 635 g/mol. The van der Waals surface area contributed by atoms with Crippen molar-refractivity contribution in [1.29, 1.82) is 0 Å². The number of carbonyl (C=O) groups excluding carboxylic acids is 2. The Hall–Kier alpha value is -5.04. The molecular weight excluding hydrogens is 600 g/mol. The van der Waals surface area contributed by atoms with Gasteiger partial charge in [-0.15, -0.1) is 0 Å². The highest BCUT2D eigenvalue weighted by Gasteiger charge is 2.33. The highest BCUT2D eigenvalue weighted by Crippen LogP contribution is 2.30. The van der Waals surface area contributed by atoms with Crippen LogP contribution in [0.3, 0.4) is 0 Å². The van der Waals surface area contributed by atoms with E-state index < -0.39 is 6.04 Å². The SMILES string of the molecule is COc1ccc(NC(=O)N2CCN(c3cc(Cl)nc(-n4ccnc4)n3)C(CC(=O)NC(C)c3cc(OC)ccc3OC)C2)cc1. The molecule has 2 N–H and O–H groups in total. The normalized spacial score (nSPS) is 15.3. The molecule has 2 aromatic carbocycles. The van der Waals surface area contributed by atoms with Crippen molar-refractivity contribution in [2.75, 3.05) is 51.2 Å². The number of benzene rings is 2. The second kappa shape index (κ2) is 14.2. The van der Waals surface area contributed by atoms with Gasteiger partial charge in [-0.25, -0.2) is 14.8 Å². The second-order valence-corrected chi connectivity index (χ2v) is 10.8. The number of ether oxygens (including phenoxy) is 3. The van der Waals surface area contributed by atoms with Gasteiger partial charge in [-0.1, -0.05) is 11.6 Å². The van der Waals surface area contributed by atoms with E-state index in [0.717, 1.165) is 5.56 Å². The molecule has 0 saturated carbocycles. The molecule has 0 spiro atoms. The minimum absolute atomic E-state index is 0.0744. The molecule has 2 atom stereocenters. The van der Waals surface area contributed by atoms with E-state index in [4.69, 9.17) is 30.8 Å². The molecule has 236 valence electrons. The number of hydrogen-bond acceptors (Lipinski definition) is 9. The average Bonchev–Trinajstić information content (AvgIpc) is 3.60. The fraction of sp³-hybridized carbons (Fsp3) is 0.323. The summed E-state index contributed by atoms with van der Waals surface area (Å²) in [6, 6.07) is 13.1. The minimum Gasteiger partial charge on any atom is -0.497 e. The van der Waals surface area contributed by atoms with E-state index in [1.807, 2.05) is 17.9 Å². The van der Waals surface area contributed by atoms with Crippen LogP contribution < -0.4 is 29.7 Å². The Bertz CT molecular complexity index is 1620. The van der Waals surface area contributed by atoms with Crippen LogP contribution in [0.5, 0.6) is 17.2 Å². The van der Waals surface area contributed by atoms with Crippen LogP contribution >= 0.6 is 11.6 Å². The molecule has 0 bridgehead atoms. The summed E-state index contributed by atoms with van der Waals surface area (Å²) in [7, 11) is 4.75. The summed E-state index contributed by atoms with van der Waals surface area (Å²) in [4.78, 5) is 43.7. The lowest BCUT2D eigenvalue weighted by molar-refractivity contribution is -0.122. The van der Waals surface area contributed by atoms with Gasteiger partial charge >= 0.3 is 6.03 Å². The molecule has 1 aliphatic rings. The van der Waals surface area contributed by atoms with E-state index >= 15 is 0 Å². The number of urea groups is 1. The van der Waals surface area contributed by atoms with Gasteiger partial charge in [0.1, 0.15) is 34.5 Å². The van der Waals surface area contributed by atoms with Crippen molar-refractivity contribution in [1.82, 2.24) is 29.7 Å². The summed E-state index contributed by atoms with van der Waals surface area (Å²) in [5.41, 5.74) is 1.41. The first-order valence-corrected chi connectivity index (χ1v) is 14.7. The van der Waals surface area contributed by atoms with Crippen LogP contribution in [0.2, 0.25) is 5.15 Å². The van der Waals surface area contributed by atoms with Gasteiger partial charge in [0, 0.05) is 55.8 Å². The van der Waals surface area contributed by atoms with Crippen molar-refractivity contribution in [3.8, 4) is 23.2 Å². The van der Waals surface area contributed by atoms with Crippen LogP contribution in [0.4, 0.5) is 16.3 Å². The highest BCUT2D eigenvalue weighted by molar-refractivity contribution is 6.29. The largest absolute Gasteiger partial charge is 0.497 e. The molecule has 1 fully saturated rings. The third-order valence-electron chi connectivity index (χ3n) is 7.51. The molecule has 4 aromatic rings. The molecule has 3 heterocycles. The van der Waals surface area contributed by atoms with Crippen molar-refractivity contribution in [3.63, 3.8) is 0 Å². The van der Waals surface area contributed by atoms with Gasteiger partial charge in [0.2, 0.25) is 11.9 Å². The molecule has 1 aliphatic heterocycles. The molecule has 2 aromatic heterocycles. The summed E-state index contributed by atoms with van der Waals surface area (Å²) >= 11 is 6.42. The molecule has 45 heavy (non-hydrogen) atoms. The molecule has 0 aliphatic carbocycles. The third kappa shape index (κ3) is 7.55. The van der Waals surface area contributed by atoms with Crippen molar-refractivity contribution in [3.05, 3.63) is 78.0 Å². The number of aromatic nitrogens is 4. The number of halogens is 1. The fourth-order valence-electron chi connectivity index (χ4n) is 5.20. The predicted octanol–water partition coefficient (Wildman–Crippen LogP) is 4.33. The Morgan fingerprint density at radius 3 is 2.44 bits per heavy atom. The number of rotatable bonds is 10. The standard InChI is InChI=1S/C31H35ClN8O5/c1-20(25-16-24(44-3)9-10-26(25)45-4)34-29(41)15-22-18-38(31(42)35-21-5-7-23(43-2)8-6-21)13-14-40(22)28-17-27(32)36-30(37-28)39-12-11-33-19-39/h5-12,16-17,19-20,22H,13-15,18H2,1-4H3,(H,34,41)(H,35,42). The number of anilines is 2. The van der Waals surface area contributed by atoms with Crippen LogP contribution in [-0.2, 0) is 4.79 Å².